The van der Waals surface area contributed by atoms with Crippen molar-refractivity contribution in [1.29, 1.82) is 0 Å². The van der Waals surface area contributed by atoms with Gasteiger partial charge in [-0.15, -0.1) is 0 Å². The lowest BCUT2D eigenvalue weighted by molar-refractivity contribution is 0.0682. The summed E-state index contributed by atoms with van der Waals surface area (Å²) in [6, 6.07) is 7.46. The van der Waals surface area contributed by atoms with Crippen molar-refractivity contribution in [2.75, 3.05) is 11.4 Å². The molecule has 1 aliphatic rings. The number of hydrogen-bond acceptors (Lipinski definition) is 5. The van der Waals surface area contributed by atoms with Gasteiger partial charge in [-0.05, 0) is 37.5 Å². The Kier molecular flexibility index (Phi) is 5.48. The summed E-state index contributed by atoms with van der Waals surface area (Å²) in [5.74, 6) is -0.162. The highest BCUT2D eigenvalue weighted by atomic mass is 35.5. The zero-order valence-electron chi connectivity index (χ0n) is 17.0. The van der Waals surface area contributed by atoms with Crippen molar-refractivity contribution in [1.82, 2.24) is 24.3 Å². The van der Waals surface area contributed by atoms with Crippen molar-refractivity contribution in [2.24, 2.45) is 0 Å². The summed E-state index contributed by atoms with van der Waals surface area (Å²) in [7, 11) is 0. The van der Waals surface area contributed by atoms with Crippen LogP contribution >= 0.6 is 23.2 Å². The van der Waals surface area contributed by atoms with Gasteiger partial charge in [-0.3, -0.25) is 4.68 Å². The van der Waals surface area contributed by atoms with Crippen LogP contribution in [-0.2, 0) is 6.54 Å². The average molecular weight is 471 g/mol. The van der Waals surface area contributed by atoms with Crippen LogP contribution in [0.25, 0.3) is 16.6 Å². The molecule has 3 aromatic heterocycles. The van der Waals surface area contributed by atoms with Crippen molar-refractivity contribution < 1.29 is 9.90 Å². The molecule has 0 spiro atoms. The van der Waals surface area contributed by atoms with Gasteiger partial charge in [-0.2, -0.15) is 5.10 Å². The highest BCUT2D eigenvalue weighted by molar-refractivity contribution is 6.45. The SMILES string of the molecule is O=C(O)c1ccnn1CC[C@@H]1CCCN1c1cc(-n2ccnc2)c2ccc(Cl)c(Cl)c2n1. The van der Waals surface area contributed by atoms with E-state index in [1.54, 1.807) is 23.3 Å². The second kappa shape index (κ2) is 8.44. The number of carbonyl (C=O) groups is 1. The number of benzene rings is 1. The molecule has 8 nitrogen and oxygen atoms in total. The van der Waals surface area contributed by atoms with Crippen LogP contribution in [0.15, 0.2) is 49.2 Å². The first kappa shape index (κ1) is 20.8. The summed E-state index contributed by atoms with van der Waals surface area (Å²) < 4.78 is 3.48. The molecule has 5 rings (SSSR count). The standard InChI is InChI=1S/C22H20Cl2N6O2/c23-16-4-3-15-18(28-11-8-25-13-28)12-19(27-21(15)20(16)24)29-9-1-2-14(29)6-10-30-17(22(31)32)5-7-26-30/h3-5,7-8,11-14H,1-2,6,9-10H2,(H,31,32)/t14-/m0/s1. The zero-order valence-corrected chi connectivity index (χ0v) is 18.5. The van der Waals surface area contributed by atoms with E-state index < -0.39 is 5.97 Å². The van der Waals surface area contributed by atoms with Gasteiger partial charge in [-0.1, -0.05) is 23.2 Å². The number of fused-ring (bicyclic) bond motifs is 1. The molecule has 0 saturated carbocycles. The predicted octanol–water partition coefficient (Wildman–Crippen LogP) is 4.68. The third kappa shape index (κ3) is 3.69. The Morgan fingerprint density at radius 1 is 1.22 bits per heavy atom. The smallest absolute Gasteiger partial charge is 0.354 e. The first-order valence-electron chi connectivity index (χ1n) is 10.3. The summed E-state index contributed by atoms with van der Waals surface area (Å²) in [6.07, 6.45) is 9.65. The lowest BCUT2D eigenvalue weighted by Gasteiger charge is -2.27. The fourth-order valence-electron chi connectivity index (χ4n) is 4.37. The van der Waals surface area contributed by atoms with Crippen LogP contribution in [0.2, 0.25) is 10.0 Å². The topological polar surface area (TPSA) is 89.1 Å². The molecule has 4 heterocycles. The Hall–Kier alpha value is -3.10. The monoisotopic (exact) mass is 470 g/mol. The molecule has 1 saturated heterocycles. The van der Waals surface area contributed by atoms with Crippen LogP contribution in [0, 0.1) is 0 Å². The van der Waals surface area contributed by atoms with Gasteiger partial charge in [0.15, 0.2) is 0 Å². The molecule has 164 valence electrons. The first-order chi connectivity index (χ1) is 15.5. The molecule has 1 aliphatic heterocycles. The number of rotatable bonds is 6. The number of imidazole rings is 1. The summed E-state index contributed by atoms with van der Waals surface area (Å²) >= 11 is 12.8. The first-order valence-corrected chi connectivity index (χ1v) is 11.1. The van der Waals surface area contributed by atoms with Gasteiger partial charge in [0.2, 0.25) is 0 Å². The molecule has 32 heavy (non-hydrogen) atoms. The van der Waals surface area contributed by atoms with Gasteiger partial charge in [-0.25, -0.2) is 14.8 Å². The molecule has 0 amide bonds. The van der Waals surface area contributed by atoms with Gasteiger partial charge in [0.05, 0.1) is 27.6 Å². The number of halogens is 2. The number of carboxylic acids is 1. The van der Waals surface area contributed by atoms with E-state index in [4.69, 9.17) is 28.2 Å². The fraction of sp³-hybridized carbons (Fsp3) is 0.273. The van der Waals surface area contributed by atoms with E-state index in [9.17, 15) is 9.90 Å². The van der Waals surface area contributed by atoms with Gasteiger partial charge >= 0.3 is 5.97 Å². The molecule has 4 aromatic rings. The van der Waals surface area contributed by atoms with E-state index in [0.717, 1.165) is 42.7 Å². The predicted molar refractivity (Wildman–Crippen MR) is 123 cm³/mol. The van der Waals surface area contributed by atoms with E-state index in [2.05, 4.69) is 15.0 Å². The Morgan fingerprint density at radius 2 is 2.09 bits per heavy atom. The minimum atomic E-state index is -0.974. The van der Waals surface area contributed by atoms with Crippen LogP contribution < -0.4 is 4.90 Å². The summed E-state index contributed by atoms with van der Waals surface area (Å²) in [5, 5.41) is 15.3. The van der Waals surface area contributed by atoms with Crippen LogP contribution in [0.4, 0.5) is 5.82 Å². The quantitative estimate of drug-likeness (QED) is 0.439. The minimum Gasteiger partial charge on any atom is -0.477 e. The molecule has 0 unspecified atom stereocenters. The number of hydrogen-bond donors (Lipinski definition) is 1. The fourth-order valence-corrected chi connectivity index (χ4v) is 4.73. The van der Waals surface area contributed by atoms with Gasteiger partial charge < -0.3 is 14.6 Å². The number of anilines is 1. The van der Waals surface area contributed by atoms with E-state index in [1.165, 1.54) is 12.3 Å². The largest absolute Gasteiger partial charge is 0.477 e. The Labute approximate surface area is 194 Å². The molecular formula is C22H20Cl2N6O2. The van der Waals surface area contributed by atoms with Crippen molar-refractivity contribution >= 4 is 45.9 Å². The molecule has 0 radical (unpaired) electrons. The van der Waals surface area contributed by atoms with E-state index in [0.29, 0.717) is 22.1 Å². The molecule has 0 aliphatic carbocycles. The molecular weight excluding hydrogens is 451 g/mol. The number of nitrogens with zero attached hydrogens (tertiary/aromatic N) is 6. The van der Waals surface area contributed by atoms with Crippen molar-refractivity contribution in [3.8, 4) is 5.69 Å². The van der Waals surface area contributed by atoms with Crippen molar-refractivity contribution in [2.45, 2.75) is 31.8 Å². The van der Waals surface area contributed by atoms with Gasteiger partial charge in [0.1, 0.15) is 11.5 Å². The van der Waals surface area contributed by atoms with Gasteiger partial charge in [0.25, 0.3) is 0 Å². The van der Waals surface area contributed by atoms with E-state index in [-0.39, 0.29) is 11.7 Å². The summed E-state index contributed by atoms with van der Waals surface area (Å²) in [4.78, 5) is 22.7. The molecule has 1 atom stereocenters. The Morgan fingerprint density at radius 3 is 2.88 bits per heavy atom. The third-order valence-corrected chi connectivity index (χ3v) is 6.70. The number of carboxylic acid groups (broad SMARTS) is 1. The molecule has 1 aromatic carbocycles. The lowest BCUT2D eigenvalue weighted by Crippen LogP contribution is -2.31. The summed E-state index contributed by atoms with van der Waals surface area (Å²) in [6.45, 7) is 1.37. The maximum atomic E-state index is 11.4. The number of aromatic nitrogens is 5. The Bertz CT molecular complexity index is 1290. The highest BCUT2D eigenvalue weighted by Crippen LogP contribution is 2.36. The van der Waals surface area contributed by atoms with Crippen LogP contribution in [0.3, 0.4) is 0 Å². The molecule has 1 fully saturated rings. The second-order valence-corrected chi connectivity index (χ2v) is 8.54. The van der Waals surface area contributed by atoms with Crippen molar-refractivity contribution in [3.63, 3.8) is 0 Å². The summed E-state index contributed by atoms with van der Waals surface area (Å²) in [5.41, 5.74) is 1.76. The number of aromatic carboxylic acids is 1. The minimum absolute atomic E-state index is 0.196. The maximum absolute atomic E-state index is 11.4. The van der Waals surface area contributed by atoms with Crippen molar-refractivity contribution in [3.05, 3.63) is 64.9 Å². The number of aryl methyl sites for hydroxylation is 1. The normalized spacial score (nSPS) is 16.2. The number of pyridine rings is 1. The molecule has 0 bridgehead atoms. The Balaban J connectivity index is 1.51. The van der Waals surface area contributed by atoms with Crippen LogP contribution in [-0.4, -0.2) is 48.0 Å². The zero-order chi connectivity index (χ0) is 22.2. The van der Waals surface area contributed by atoms with E-state index >= 15 is 0 Å². The van der Waals surface area contributed by atoms with Crippen LogP contribution in [0.1, 0.15) is 29.8 Å². The highest BCUT2D eigenvalue weighted by Gasteiger charge is 2.27. The molecule has 1 N–H and O–H groups in total. The lowest BCUT2D eigenvalue weighted by atomic mass is 10.1. The van der Waals surface area contributed by atoms with Crippen LogP contribution in [0.5, 0.6) is 0 Å². The molecule has 10 heteroatoms. The second-order valence-electron chi connectivity index (χ2n) is 7.75. The third-order valence-electron chi connectivity index (χ3n) is 5.90. The maximum Gasteiger partial charge on any atom is 0.354 e. The van der Waals surface area contributed by atoms with E-state index in [1.807, 2.05) is 22.9 Å². The average Bonchev–Trinajstić information content (AvgIpc) is 3.55. The van der Waals surface area contributed by atoms with Gasteiger partial charge in [0, 0.05) is 49.2 Å².